The van der Waals surface area contributed by atoms with Gasteiger partial charge in [-0.15, -0.1) is 0 Å². The second kappa shape index (κ2) is 10.6. The Morgan fingerprint density at radius 2 is 1.82 bits per heavy atom. The molecule has 150 valence electrons. The summed E-state index contributed by atoms with van der Waals surface area (Å²) in [5, 5.41) is 9.94. The molecule has 1 aliphatic rings. The van der Waals surface area contributed by atoms with Gasteiger partial charge in [0.25, 0.3) is 0 Å². The van der Waals surface area contributed by atoms with E-state index in [1.54, 1.807) is 6.20 Å². The molecule has 0 bridgehead atoms. The summed E-state index contributed by atoms with van der Waals surface area (Å²) in [6.07, 6.45) is 9.40. The molecule has 1 fully saturated rings. The zero-order valence-corrected chi connectivity index (χ0v) is 16.4. The first-order valence-corrected chi connectivity index (χ1v) is 10.4. The molecule has 0 atom stereocenters. The Balaban J connectivity index is 1.29. The van der Waals surface area contributed by atoms with Crippen LogP contribution in [0.2, 0.25) is 0 Å². The second-order valence-electron chi connectivity index (χ2n) is 7.43. The molecule has 0 radical (unpaired) electrons. The first kappa shape index (κ1) is 20.1. The van der Waals surface area contributed by atoms with E-state index in [-0.39, 0.29) is 11.9 Å². The summed E-state index contributed by atoms with van der Waals surface area (Å²) in [6.45, 7) is 1.10. The van der Waals surface area contributed by atoms with Crippen molar-refractivity contribution in [3.05, 3.63) is 42.1 Å². The van der Waals surface area contributed by atoms with Crippen LogP contribution < -0.4 is 16.0 Å². The number of hydrogen-bond acceptors (Lipinski definition) is 3. The maximum absolute atomic E-state index is 12.0. The normalized spacial score (nSPS) is 14.6. The van der Waals surface area contributed by atoms with Gasteiger partial charge in [-0.2, -0.15) is 0 Å². The first-order chi connectivity index (χ1) is 13.7. The minimum Gasteiger partial charge on any atom is -0.356 e. The van der Waals surface area contributed by atoms with E-state index in [0.717, 1.165) is 35.7 Å². The van der Waals surface area contributed by atoms with Gasteiger partial charge in [-0.1, -0.05) is 43.5 Å². The van der Waals surface area contributed by atoms with Crippen molar-refractivity contribution in [1.29, 1.82) is 0 Å². The van der Waals surface area contributed by atoms with E-state index in [0.29, 0.717) is 32.0 Å². The molecule has 0 spiro atoms. The molecule has 1 aromatic carbocycles. The zero-order chi connectivity index (χ0) is 19.6. The van der Waals surface area contributed by atoms with Gasteiger partial charge in [0.2, 0.25) is 5.91 Å². The number of benzene rings is 1. The fourth-order valence-electron chi connectivity index (χ4n) is 3.73. The Labute approximate surface area is 166 Å². The molecule has 3 amide bonds. The van der Waals surface area contributed by atoms with Crippen LogP contribution in [0.5, 0.6) is 0 Å². The number of nitrogens with one attached hydrogen (secondary N) is 3. The van der Waals surface area contributed by atoms with Crippen LogP contribution in [0.1, 0.15) is 50.5 Å². The van der Waals surface area contributed by atoms with Crippen LogP contribution in [-0.4, -0.2) is 36.1 Å². The maximum Gasteiger partial charge on any atom is 0.315 e. The number of carbonyl (C=O) groups excluding carboxylic acids is 2. The van der Waals surface area contributed by atoms with Crippen molar-refractivity contribution >= 4 is 22.8 Å². The molecule has 6 nitrogen and oxygen atoms in total. The monoisotopic (exact) mass is 382 g/mol. The lowest BCUT2D eigenvalue weighted by Crippen LogP contribution is -2.43. The van der Waals surface area contributed by atoms with Crippen molar-refractivity contribution in [1.82, 2.24) is 20.9 Å². The van der Waals surface area contributed by atoms with E-state index < -0.39 is 0 Å². The number of hydrogen-bond donors (Lipinski definition) is 3. The molecule has 6 heteroatoms. The highest BCUT2D eigenvalue weighted by atomic mass is 16.2. The van der Waals surface area contributed by atoms with Gasteiger partial charge in [-0.25, -0.2) is 4.79 Å². The SMILES string of the molecule is O=C(CCCNC(=O)NC1CCCCC1)NCCc1cccc2cccnc12. The van der Waals surface area contributed by atoms with Crippen LogP contribution in [0.25, 0.3) is 10.9 Å². The molecule has 0 aliphatic heterocycles. The zero-order valence-electron chi connectivity index (χ0n) is 16.4. The summed E-state index contributed by atoms with van der Waals surface area (Å²) < 4.78 is 0. The van der Waals surface area contributed by atoms with Crippen molar-refractivity contribution in [2.45, 2.75) is 57.4 Å². The maximum atomic E-state index is 12.0. The summed E-state index contributed by atoms with van der Waals surface area (Å²) in [4.78, 5) is 28.3. The van der Waals surface area contributed by atoms with Crippen LogP contribution >= 0.6 is 0 Å². The van der Waals surface area contributed by atoms with E-state index in [9.17, 15) is 9.59 Å². The van der Waals surface area contributed by atoms with Gasteiger partial charge < -0.3 is 16.0 Å². The third-order valence-corrected chi connectivity index (χ3v) is 5.24. The standard InChI is InChI=1S/C22H30N4O2/c27-20(12-6-15-25-22(28)26-19-10-2-1-3-11-19)23-16-13-18-8-4-7-17-9-5-14-24-21(17)18/h4-5,7-9,14,19H,1-3,6,10-13,15-16H2,(H,23,27)(H2,25,26,28). The quantitative estimate of drug-likeness (QED) is 0.613. The third-order valence-electron chi connectivity index (χ3n) is 5.24. The van der Waals surface area contributed by atoms with E-state index in [1.165, 1.54) is 19.3 Å². The highest BCUT2D eigenvalue weighted by molar-refractivity contribution is 5.81. The number of para-hydroxylation sites is 1. The summed E-state index contributed by atoms with van der Waals surface area (Å²) in [6, 6.07) is 10.3. The largest absolute Gasteiger partial charge is 0.356 e. The van der Waals surface area contributed by atoms with Crippen molar-refractivity contribution in [3.8, 4) is 0 Å². The number of carbonyl (C=O) groups is 2. The smallest absolute Gasteiger partial charge is 0.315 e. The molecule has 0 saturated heterocycles. The molecule has 28 heavy (non-hydrogen) atoms. The van der Waals surface area contributed by atoms with Gasteiger partial charge >= 0.3 is 6.03 Å². The third kappa shape index (κ3) is 6.22. The van der Waals surface area contributed by atoms with Crippen LogP contribution in [0.15, 0.2) is 36.5 Å². The first-order valence-electron chi connectivity index (χ1n) is 10.4. The van der Waals surface area contributed by atoms with Crippen LogP contribution in [0.3, 0.4) is 0 Å². The van der Waals surface area contributed by atoms with E-state index in [1.807, 2.05) is 24.3 Å². The average Bonchev–Trinajstić information content (AvgIpc) is 2.72. The average molecular weight is 383 g/mol. The number of nitrogens with zero attached hydrogens (tertiary/aromatic N) is 1. The lowest BCUT2D eigenvalue weighted by molar-refractivity contribution is -0.121. The number of amides is 3. The number of pyridine rings is 1. The van der Waals surface area contributed by atoms with Gasteiger partial charge in [0.15, 0.2) is 0 Å². The summed E-state index contributed by atoms with van der Waals surface area (Å²) >= 11 is 0. The Morgan fingerprint density at radius 1 is 1.00 bits per heavy atom. The summed E-state index contributed by atoms with van der Waals surface area (Å²) in [5.74, 6) is 0.0164. The van der Waals surface area contributed by atoms with Crippen LogP contribution in [-0.2, 0) is 11.2 Å². The number of fused-ring (bicyclic) bond motifs is 1. The van der Waals surface area contributed by atoms with Gasteiger partial charge in [-0.3, -0.25) is 9.78 Å². The highest BCUT2D eigenvalue weighted by Gasteiger charge is 2.15. The molecule has 1 saturated carbocycles. The lowest BCUT2D eigenvalue weighted by Gasteiger charge is -2.22. The molecule has 2 aromatic rings. The lowest BCUT2D eigenvalue weighted by atomic mass is 9.96. The van der Waals surface area contributed by atoms with Crippen LogP contribution in [0, 0.1) is 0 Å². The Hall–Kier alpha value is -2.63. The fraction of sp³-hybridized carbons (Fsp3) is 0.500. The molecule has 1 aliphatic carbocycles. The minimum atomic E-state index is -0.115. The molecule has 3 N–H and O–H groups in total. The topological polar surface area (TPSA) is 83.1 Å². The summed E-state index contributed by atoms with van der Waals surface area (Å²) in [5.41, 5.74) is 2.13. The number of rotatable bonds is 8. The van der Waals surface area contributed by atoms with Gasteiger partial charge in [0.05, 0.1) is 5.52 Å². The highest BCUT2D eigenvalue weighted by Crippen LogP contribution is 2.17. The Kier molecular flexibility index (Phi) is 7.64. The van der Waals surface area contributed by atoms with Crippen molar-refractivity contribution in [3.63, 3.8) is 0 Å². The molecular formula is C22H30N4O2. The molecule has 1 aromatic heterocycles. The van der Waals surface area contributed by atoms with Crippen molar-refractivity contribution in [2.75, 3.05) is 13.1 Å². The van der Waals surface area contributed by atoms with E-state index in [2.05, 4.69) is 27.0 Å². The van der Waals surface area contributed by atoms with Crippen molar-refractivity contribution in [2.24, 2.45) is 0 Å². The fourth-order valence-corrected chi connectivity index (χ4v) is 3.73. The Morgan fingerprint density at radius 3 is 2.68 bits per heavy atom. The predicted molar refractivity (Wildman–Crippen MR) is 111 cm³/mol. The van der Waals surface area contributed by atoms with Gasteiger partial charge in [-0.05, 0) is 37.3 Å². The molecule has 3 rings (SSSR count). The van der Waals surface area contributed by atoms with Crippen LogP contribution in [0.4, 0.5) is 4.79 Å². The second-order valence-corrected chi connectivity index (χ2v) is 7.43. The Bertz CT molecular complexity index is 782. The van der Waals surface area contributed by atoms with E-state index in [4.69, 9.17) is 0 Å². The molecular weight excluding hydrogens is 352 g/mol. The summed E-state index contributed by atoms with van der Waals surface area (Å²) in [7, 11) is 0. The van der Waals surface area contributed by atoms with Gasteiger partial charge in [0, 0.05) is 37.1 Å². The number of urea groups is 1. The van der Waals surface area contributed by atoms with Gasteiger partial charge in [0.1, 0.15) is 0 Å². The van der Waals surface area contributed by atoms with Crippen molar-refractivity contribution < 1.29 is 9.59 Å². The number of aromatic nitrogens is 1. The predicted octanol–water partition coefficient (Wildman–Crippen LogP) is 3.31. The molecule has 0 unspecified atom stereocenters. The minimum absolute atomic E-state index is 0.0164. The molecule has 1 heterocycles. The van der Waals surface area contributed by atoms with E-state index >= 15 is 0 Å².